The summed E-state index contributed by atoms with van der Waals surface area (Å²) in [4.78, 5) is 2.42. The molecule has 9 rings (SSSR count). The van der Waals surface area contributed by atoms with E-state index in [1.165, 1.54) is 69.3 Å². The van der Waals surface area contributed by atoms with Crippen molar-refractivity contribution in [3.63, 3.8) is 0 Å². The quantitative estimate of drug-likeness (QED) is 0.201. The Kier molecular flexibility index (Phi) is 5.75. The van der Waals surface area contributed by atoms with Gasteiger partial charge in [-0.2, -0.15) is 0 Å². The Balaban J connectivity index is 1.24. The van der Waals surface area contributed by atoms with Crippen LogP contribution in [-0.4, -0.2) is 0 Å². The molecule has 0 unspecified atom stereocenters. The number of benzene rings is 8. The van der Waals surface area contributed by atoms with Crippen LogP contribution in [0.5, 0.6) is 0 Å². The third-order valence-corrected chi connectivity index (χ3v) is 10.0. The van der Waals surface area contributed by atoms with Crippen LogP contribution in [-0.2, 0) is 0 Å². The van der Waals surface area contributed by atoms with E-state index in [-0.39, 0.29) is 0 Å². The average molecular weight is 578 g/mol. The van der Waals surface area contributed by atoms with Gasteiger partial charge in [-0.3, -0.25) is 0 Å². The lowest BCUT2D eigenvalue weighted by atomic mass is 10.00. The Morgan fingerprint density at radius 3 is 1.93 bits per heavy atom. The first-order chi connectivity index (χ1) is 21.8. The molecular formula is C42H27NS. The summed E-state index contributed by atoms with van der Waals surface area (Å²) < 4.78 is 2.69. The van der Waals surface area contributed by atoms with E-state index in [0.29, 0.717) is 0 Å². The van der Waals surface area contributed by atoms with Gasteiger partial charge in [-0.05, 0) is 80.5 Å². The monoisotopic (exact) mass is 577 g/mol. The van der Waals surface area contributed by atoms with E-state index in [9.17, 15) is 0 Å². The topological polar surface area (TPSA) is 3.24 Å². The number of rotatable bonds is 4. The average Bonchev–Trinajstić information content (AvgIpc) is 3.48. The third-order valence-electron chi connectivity index (χ3n) is 8.80. The predicted octanol–water partition coefficient (Wildman–Crippen LogP) is 12.7. The Labute approximate surface area is 259 Å². The van der Waals surface area contributed by atoms with E-state index in [4.69, 9.17) is 0 Å². The number of hydrogen-bond donors (Lipinski definition) is 0. The van der Waals surface area contributed by atoms with Crippen molar-refractivity contribution in [2.24, 2.45) is 0 Å². The van der Waals surface area contributed by atoms with Crippen molar-refractivity contribution >= 4 is 80.9 Å². The molecule has 0 N–H and O–H groups in total. The summed E-state index contributed by atoms with van der Waals surface area (Å²) in [6.07, 6.45) is 0. The van der Waals surface area contributed by atoms with Crippen molar-refractivity contribution in [3.8, 4) is 11.1 Å². The molecule has 1 nitrogen and oxygen atoms in total. The van der Waals surface area contributed by atoms with Gasteiger partial charge in [-0.25, -0.2) is 0 Å². The van der Waals surface area contributed by atoms with Gasteiger partial charge in [-0.1, -0.05) is 121 Å². The number of nitrogens with zero attached hydrogens (tertiary/aromatic N) is 1. The molecule has 9 aromatic rings. The molecule has 0 saturated heterocycles. The molecule has 0 aliphatic heterocycles. The van der Waals surface area contributed by atoms with Gasteiger partial charge in [0.25, 0.3) is 0 Å². The van der Waals surface area contributed by atoms with Gasteiger partial charge >= 0.3 is 0 Å². The first-order valence-electron chi connectivity index (χ1n) is 15.0. The van der Waals surface area contributed by atoms with Gasteiger partial charge < -0.3 is 4.90 Å². The summed E-state index contributed by atoms with van der Waals surface area (Å²) in [5, 5.41) is 10.1. The van der Waals surface area contributed by atoms with Gasteiger partial charge in [0.1, 0.15) is 0 Å². The molecule has 0 fully saturated rings. The minimum Gasteiger partial charge on any atom is -0.310 e. The van der Waals surface area contributed by atoms with Gasteiger partial charge in [0.2, 0.25) is 0 Å². The van der Waals surface area contributed by atoms with Crippen molar-refractivity contribution in [2.45, 2.75) is 0 Å². The summed E-state index contributed by atoms with van der Waals surface area (Å²) in [5.41, 5.74) is 5.93. The van der Waals surface area contributed by atoms with E-state index in [2.05, 4.69) is 169 Å². The predicted molar refractivity (Wildman–Crippen MR) is 192 cm³/mol. The molecule has 0 aliphatic carbocycles. The van der Waals surface area contributed by atoms with E-state index in [1.54, 1.807) is 0 Å². The minimum absolute atomic E-state index is 1.14. The minimum atomic E-state index is 1.14. The smallest absolute Gasteiger partial charge is 0.0540 e. The van der Waals surface area contributed by atoms with Crippen LogP contribution in [0, 0.1) is 0 Å². The standard InChI is InChI=1S/C42H27NS/c1-2-9-28(10-3-1)30-17-18-32-26-34(21-19-31(32)25-30)43(40-15-8-12-29-11-4-5-13-36(29)40)35-22-24-37-33(27-35)20-23-39-38-14-6-7-16-41(38)44-42(37)39/h1-27H. The summed E-state index contributed by atoms with van der Waals surface area (Å²) in [6.45, 7) is 0. The fourth-order valence-corrected chi connectivity index (χ4v) is 7.89. The fraction of sp³-hybridized carbons (Fsp3) is 0. The van der Waals surface area contributed by atoms with Crippen molar-refractivity contribution < 1.29 is 0 Å². The second kappa shape index (κ2) is 10.1. The molecule has 206 valence electrons. The summed E-state index contributed by atoms with van der Waals surface area (Å²) in [6, 6.07) is 59.8. The molecule has 0 saturated carbocycles. The first-order valence-corrected chi connectivity index (χ1v) is 15.8. The van der Waals surface area contributed by atoms with Crippen LogP contribution in [0.2, 0.25) is 0 Å². The number of thiophene rings is 1. The lowest BCUT2D eigenvalue weighted by molar-refractivity contribution is 1.31. The van der Waals surface area contributed by atoms with Gasteiger partial charge in [0, 0.05) is 36.9 Å². The highest BCUT2D eigenvalue weighted by Gasteiger charge is 2.17. The first kappa shape index (κ1) is 25.1. The highest BCUT2D eigenvalue weighted by molar-refractivity contribution is 7.26. The van der Waals surface area contributed by atoms with Crippen LogP contribution in [0.1, 0.15) is 0 Å². The fourth-order valence-electron chi connectivity index (χ4n) is 6.65. The maximum atomic E-state index is 2.42. The molecular weight excluding hydrogens is 551 g/mol. The van der Waals surface area contributed by atoms with Crippen LogP contribution in [0.15, 0.2) is 164 Å². The molecule has 1 aromatic heterocycles. The summed E-state index contributed by atoms with van der Waals surface area (Å²) in [5.74, 6) is 0. The van der Waals surface area contributed by atoms with Crippen molar-refractivity contribution in [3.05, 3.63) is 164 Å². The molecule has 44 heavy (non-hydrogen) atoms. The lowest BCUT2D eigenvalue weighted by Gasteiger charge is -2.27. The molecule has 0 amide bonds. The van der Waals surface area contributed by atoms with Crippen LogP contribution in [0.25, 0.3) is 63.6 Å². The number of anilines is 3. The van der Waals surface area contributed by atoms with Gasteiger partial charge in [0.05, 0.1) is 5.69 Å². The van der Waals surface area contributed by atoms with E-state index >= 15 is 0 Å². The molecule has 0 bridgehead atoms. The molecule has 0 spiro atoms. The van der Waals surface area contributed by atoms with Crippen LogP contribution >= 0.6 is 11.3 Å². The largest absolute Gasteiger partial charge is 0.310 e. The Hall–Kier alpha value is -5.44. The van der Waals surface area contributed by atoms with Crippen LogP contribution in [0.3, 0.4) is 0 Å². The number of fused-ring (bicyclic) bond motifs is 7. The highest BCUT2D eigenvalue weighted by atomic mass is 32.1. The molecule has 2 heteroatoms. The summed E-state index contributed by atoms with van der Waals surface area (Å²) >= 11 is 1.89. The number of hydrogen-bond acceptors (Lipinski definition) is 2. The highest BCUT2D eigenvalue weighted by Crippen LogP contribution is 2.43. The van der Waals surface area contributed by atoms with Crippen molar-refractivity contribution in [1.29, 1.82) is 0 Å². The van der Waals surface area contributed by atoms with E-state index in [1.807, 2.05) is 11.3 Å². The Bertz CT molecular complexity index is 2500. The van der Waals surface area contributed by atoms with Crippen molar-refractivity contribution in [2.75, 3.05) is 4.90 Å². The normalized spacial score (nSPS) is 11.6. The molecule has 1 heterocycles. The molecule has 0 atom stereocenters. The second-order valence-corrected chi connectivity index (χ2v) is 12.4. The lowest BCUT2D eigenvalue weighted by Crippen LogP contribution is -2.10. The zero-order valence-corrected chi connectivity index (χ0v) is 24.8. The maximum Gasteiger partial charge on any atom is 0.0540 e. The summed E-state index contributed by atoms with van der Waals surface area (Å²) in [7, 11) is 0. The van der Waals surface area contributed by atoms with Crippen LogP contribution in [0.4, 0.5) is 17.1 Å². The molecule has 0 radical (unpaired) electrons. The SMILES string of the molecule is c1ccc(-c2ccc3cc(N(c4ccc5c(ccc6c7ccccc7sc56)c4)c4cccc5ccccc45)ccc3c2)cc1. The molecule has 8 aromatic carbocycles. The van der Waals surface area contributed by atoms with E-state index in [0.717, 1.165) is 11.4 Å². The second-order valence-electron chi connectivity index (χ2n) is 11.4. The van der Waals surface area contributed by atoms with Crippen LogP contribution < -0.4 is 4.90 Å². The Morgan fingerprint density at radius 1 is 0.364 bits per heavy atom. The molecule has 0 aliphatic rings. The van der Waals surface area contributed by atoms with Gasteiger partial charge in [-0.15, -0.1) is 11.3 Å². The zero-order chi connectivity index (χ0) is 29.0. The van der Waals surface area contributed by atoms with E-state index < -0.39 is 0 Å². The maximum absolute atomic E-state index is 2.42. The van der Waals surface area contributed by atoms with Gasteiger partial charge in [0.15, 0.2) is 0 Å². The zero-order valence-electron chi connectivity index (χ0n) is 23.9. The Morgan fingerprint density at radius 2 is 1.02 bits per heavy atom. The van der Waals surface area contributed by atoms with Crippen molar-refractivity contribution in [1.82, 2.24) is 0 Å². The third kappa shape index (κ3) is 4.07.